The minimum atomic E-state index is -0.695. The molecule has 0 atom stereocenters. The average Bonchev–Trinajstić information content (AvgIpc) is 2.44. The molecular formula is C14H16F2N4O. The van der Waals surface area contributed by atoms with Crippen LogP contribution in [0.4, 0.5) is 14.5 Å². The zero-order chi connectivity index (χ0) is 15.2. The third-order valence-electron chi connectivity index (χ3n) is 2.91. The molecule has 0 spiro atoms. The number of anilines is 1. The van der Waals surface area contributed by atoms with Gasteiger partial charge in [-0.3, -0.25) is 4.79 Å². The van der Waals surface area contributed by atoms with Crippen molar-refractivity contribution in [2.24, 2.45) is 0 Å². The lowest BCUT2D eigenvalue weighted by atomic mass is 10.2. The van der Waals surface area contributed by atoms with E-state index in [2.05, 4.69) is 15.7 Å². The van der Waals surface area contributed by atoms with Gasteiger partial charge in [0, 0.05) is 30.8 Å². The first kappa shape index (κ1) is 15.1. The Balaban J connectivity index is 2.12. The molecule has 0 saturated heterocycles. The molecule has 21 heavy (non-hydrogen) atoms. The zero-order valence-corrected chi connectivity index (χ0v) is 11.6. The average molecular weight is 294 g/mol. The van der Waals surface area contributed by atoms with Crippen LogP contribution < -0.4 is 16.2 Å². The Morgan fingerprint density at radius 3 is 2.71 bits per heavy atom. The van der Waals surface area contributed by atoms with Crippen LogP contribution in [-0.4, -0.2) is 29.9 Å². The molecule has 2 N–H and O–H groups in total. The molecule has 0 amide bonds. The summed E-state index contributed by atoms with van der Waals surface area (Å²) < 4.78 is 27.5. The third-order valence-corrected chi connectivity index (χ3v) is 2.91. The molecule has 0 bridgehead atoms. The molecule has 7 heteroatoms. The number of aromatic nitrogens is 2. The van der Waals surface area contributed by atoms with Crippen molar-refractivity contribution in [1.82, 2.24) is 15.1 Å². The summed E-state index contributed by atoms with van der Waals surface area (Å²) in [4.78, 5) is 11.9. The molecule has 1 aromatic heterocycles. The van der Waals surface area contributed by atoms with Gasteiger partial charge in [-0.15, -0.1) is 0 Å². The van der Waals surface area contributed by atoms with Crippen LogP contribution in [0.15, 0.2) is 35.3 Å². The molecule has 0 saturated carbocycles. The lowest BCUT2D eigenvalue weighted by Gasteiger charge is -2.08. The van der Waals surface area contributed by atoms with Crippen molar-refractivity contribution >= 4 is 5.69 Å². The van der Waals surface area contributed by atoms with Crippen molar-refractivity contribution in [1.29, 1.82) is 0 Å². The van der Waals surface area contributed by atoms with Crippen LogP contribution in [0.25, 0.3) is 0 Å². The van der Waals surface area contributed by atoms with Crippen molar-refractivity contribution in [2.75, 3.05) is 25.5 Å². The number of nitrogens with zero attached hydrogens (tertiary/aromatic N) is 2. The van der Waals surface area contributed by atoms with Gasteiger partial charge in [0.15, 0.2) is 0 Å². The molecule has 2 aromatic rings. The van der Waals surface area contributed by atoms with Gasteiger partial charge in [-0.1, -0.05) is 6.07 Å². The second-order valence-electron chi connectivity index (χ2n) is 4.51. The van der Waals surface area contributed by atoms with Crippen molar-refractivity contribution < 1.29 is 8.78 Å². The molecule has 112 valence electrons. The van der Waals surface area contributed by atoms with Crippen molar-refractivity contribution in [3.63, 3.8) is 0 Å². The summed E-state index contributed by atoms with van der Waals surface area (Å²) in [6.45, 7) is 1.37. The summed E-state index contributed by atoms with van der Waals surface area (Å²) in [6.07, 6.45) is 1.50. The summed E-state index contributed by atoms with van der Waals surface area (Å²) in [5.74, 6) is -1.35. The molecule has 0 radical (unpaired) electrons. The quantitative estimate of drug-likeness (QED) is 0.786. The second-order valence-corrected chi connectivity index (χ2v) is 4.51. The van der Waals surface area contributed by atoms with Crippen molar-refractivity contribution in [3.05, 3.63) is 58.0 Å². The molecule has 1 heterocycles. The predicted molar refractivity (Wildman–Crippen MR) is 76.4 cm³/mol. The van der Waals surface area contributed by atoms with Gasteiger partial charge >= 0.3 is 0 Å². The Bertz CT molecular complexity index is 672. The monoisotopic (exact) mass is 294 g/mol. The van der Waals surface area contributed by atoms with Gasteiger partial charge in [0.05, 0.1) is 18.4 Å². The maximum Gasteiger partial charge on any atom is 0.269 e. The van der Waals surface area contributed by atoms with Crippen LogP contribution in [0.1, 0.15) is 5.56 Å². The molecule has 5 nitrogen and oxygen atoms in total. The molecule has 2 rings (SSSR count). The summed E-state index contributed by atoms with van der Waals surface area (Å²) in [7, 11) is 1.83. The fraction of sp³-hybridized carbons (Fsp3) is 0.286. The van der Waals surface area contributed by atoms with E-state index in [1.165, 1.54) is 18.3 Å². The Morgan fingerprint density at radius 1 is 1.24 bits per heavy atom. The van der Waals surface area contributed by atoms with Gasteiger partial charge in [0.2, 0.25) is 0 Å². The van der Waals surface area contributed by atoms with E-state index < -0.39 is 11.6 Å². The van der Waals surface area contributed by atoms with Crippen LogP contribution in [0.5, 0.6) is 0 Å². The van der Waals surface area contributed by atoms with Gasteiger partial charge in [-0.05, 0) is 13.1 Å². The van der Waals surface area contributed by atoms with Gasteiger partial charge in [0.1, 0.15) is 11.6 Å². The summed E-state index contributed by atoms with van der Waals surface area (Å²) >= 11 is 0. The standard InChI is InChI=1S/C14H16F2N4O/c1-17-4-5-18-12-7-14(21)20(19-8-12)9-10-2-3-11(15)6-13(10)16/h2-3,6-8,17-18H,4-5,9H2,1H3. The number of hydrogen-bond acceptors (Lipinski definition) is 4. The van der Waals surface area contributed by atoms with E-state index in [-0.39, 0.29) is 17.7 Å². The minimum absolute atomic E-state index is 0.0399. The van der Waals surface area contributed by atoms with E-state index in [4.69, 9.17) is 0 Å². The first-order valence-corrected chi connectivity index (χ1v) is 6.49. The third kappa shape index (κ3) is 4.09. The predicted octanol–water partition coefficient (Wildman–Crippen LogP) is 1.20. The minimum Gasteiger partial charge on any atom is -0.382 e. The highest BCUT2D eigenvalue weighted by atomic mass is 19.1. The first-order valence-electron chi connectivity index (χ1n) is 6.49. The van der Waals surface area contributed by atoms with Crippen LogP contribution in [0.3, 0.4) is 0 Å². The number of nitrogens with one attached hydrogen (secondary N) is 2. The van der Waals surface area contributed by atoms with E-state index in [0.717, 1.165) is 23.4 Å². The van der Waals surface area contributed by atoms with E-state index in [1.807, 2.05) is 7.05 Å². The Hall–Kier alpha value is -2.28. The molecule has 0 aliphatic rings. The van der Waals surface area contributed by atoms with E-state index in [9.17, 15) is 13.6 Å². The molecule has 0 fully saturated rings. The van der Waals surface area contributed by atoms with E-state index in [0.29, 0.717) is 12.2 Å². The first-order chi connectivity index (χ1) is 10.1. The van der Waals surface area contributed by atoms with E-state index >= 15 is 0 Å². The van der Waals surface area contributed by atoms with Crippen LogP contribution in [0, 0.1) is 11.6 Å². The highest BCUT2D eigenvalue weighted by molar-refractivity contribution is 5.38. The smallest absolute Gasteiger partial charge is 0.269 e. The maximum atomic E-state index is 13.6. The van der Waals surface area contributed by atoms with Gasteiger partial charge < -0.3 is 10.6 Å². The molecule has 0 unspecified atom stereocenters. The lowest BCUT2D eigenvalue weighted by Crippen LogP contribution is -2.24. The highest BCUT2D eigenvalue weighted by Crippen LogP contribution is 2.10. The van der Waals surface area contributed by atoms with Crippen LogP contribution in [-0.2, 0) is 6.54 Å². The van der Waals surface area contributed by atoms with Crippen molar-refractivity contribution in [2.45, 2.75) is 6.54 Å². The Morgan fingerprint density at radius 2 is 2.05 bits per heavy atom. The number of benzene rings is 1. The van der Waals surface area contributed by atoms with Gasteiger partial charge in [0.25, 0.3) is 5.56 Å². The zero-order valence-electron chi connectivity index (χ0n) is 11.6. The number of rotatable bonds is 6. The number of halogens is 2. The van der Waals surface area contributed by atoms with Crippen LogP contribution in [0.2, 0.25) is 0 Å². The Kier molecular flexibility index (Phi) is 4.99. The summed E-state index contributed by atoms with van der Waals surface area (Å²) in [6, 6.07) is 4.63. The second kappa shape index (κ2) is 6.94. The highest BCUT2D eigenvalue weighted by Gasteiger charge is 2.07. The molecular weight excluding hydrogens is 278 g/mol. The fourth-order valence-corrected chi connectivity index (χ4v) is 1.79. The van der Waals surface area contributed by atoms with Crippen molar-refractivity contribution in [3.8, 4) is 0 Å². The number of likely N-dealkylation sites (N-methyl/N-ethyl adjacent to an activating group) is 1. The normalized spacial score (nSPS) is 10.6. The van der Waals surface area contributed by atoms with Gasteiger partial charge in [-0.2, -0.15) is 5.10 Å². The summed E-state index contributed by atoms with van der Waals surface area (Å²) in [5, 5.41) is 9.98. The topological polar surface area (TPSA) is 59.0 Å². The number of hydrogen-bond donors (Lipinski definition) is 2. The maximum absolute atomic E-state index is 13.6. The van der Waals surface area contributed by atoms with Crippen LogP contribution >= 0.6 is 0 Å². The largest absolute Gasteiger partial charge is 0.382 e. The fourth-order valence-electron chi connectivity index (χ4n) is 1.79. The molecule has 0 aliphatic carbocycles. The SMILES string of the molecule is CNCCNc1cnn(Cc2ccc(F)cc2F)c(=O)c1. The molecule has 0 aliphatic heterocycles. The molecule has 1 aromatic carbocycles. The summed E-state index contributed by atoms with van der Waals surface area (Å²) in [5.41, 5.74) is 0.459. The Labute approximate surface area is 120 Å². The van der Waals surface area contributed by atoms with E-state index in [1.54, 1.807) is 0 Å². The van der Waals surface area contributed by atoms with Gasteiger partial charge in [-0.25, -0.2) is 13.5 Å². The lowest BCUT2D eigenvalue weighted by molar-refractivity contribution is 0.551.